The van der Waals surface area contributed by atoms with Gasteiger partial charge in [0.15, 0.2) is 0 Å². The summed E-state index contributed by atoms with van der Waals surface area (Å²) in [4.78, 5) is 11.2. The Morgan fingerprint density at radius 2 is 1.61 bits per heavy atom. The van der Waals surface area contributed by atoms with Crippen LogP contribution >= 0.6 is 0 Å². The minimum Gasteiger partial charge on any atom is -0.369 e. The molecule has 0 aliphatic rings. The number of rotatable bonds is 11. The topological polar surface area (TPSA) is 43.1 Å². The van der Waals surface area contributed by atoms with E-state index >= 15 is 0 Å². The van der Waals surface area contributed by atoms with Crippen molar-refractivity contribution in [2.75, 3.05) is 0 Å². The first kappa shape index (κ1) is 17.5. The fourth-order valence-corrected chi connectivity index (χ4v) is 2.25. The predicted octanol–water partition coefficient (Wildman–Crippen LogP) is 4.66. The Labute approximate surface area is 114 Å². The summed E-state index contributed by atoms with van der Waals surface area (Å²) in [6.07, 6.45) is 11.4. The second-order valence-corrected chi connectivity index (χ2v) is 6.45. The van der Waals surface area contributed by atoms with Gasteiger partial charge in [0.1, 0.15) is 0 Å². The van der Waals surface area contributed by atoms with Gasteiger partial charge in [-0.3, -0.25) is 4.79 Å². The van der Waals surface area contributed by atoms with Crippen molar-refractivity contribution in [3.05, 3.63) is 0 Å². The van der Waals surface area contributed by atoms with Gasteiger partial charge in [-0.2, -0.15) is 0 Å². The fourth-order valence-electron chi connectivity index (χ4n) is 2.25. The molecule has 0 bridgehead atoms. The summed E-state index contributed by atoms with van der Waals surface area (Å²) in [6.45, 7) is 8.50. The zero-order valence-corrected chi connectivity index (χ0v) is 12.9. The smallest absolute Gasteiger partial charge is 0.223 e. The maximum Gasteiger partial charge on any atom is 0.223 e. The van der Waals surface area contributed by atoms with Crippen LogP contribution in [0, 0.1) is 11.3 Å². The third-order valence-electron chi connectivity index (χ3n) is 3.97. The Morgan fingerprint density at radius 3 is 2.11 bits per heavy atom. The van der Waals surface area contributed by atoms with Crippen molar-refractivity contribution in [3.63, 3.8) is 0 Å². The van der Waals surface area contributed by atoms with Crippen LogP contribution in [0.4, 0.5) is 0 Å². The Morgan fingerprint density at radius 1 is 1.06 bits per heavy atom. The summed E-state index contributed by atoms with van der Waals surface area (Å²) in [7, 11) is 0. The molecular weight excluding hydrogens is 222 g/mol. The Hall–Kier alpha value is -0.530. The van der Waals surface area contributed by atoms with Gasteiger partial charge in [0.2, 0.25) is 5.91 Å². The Bertz CT molecular complexity index is 223. The second-order valence-electron chi connectivity index (χ2n) is 6.45. The summed E-state index contributed by atoms with van der Waals surface area (Å²) in [5.41, 5.74) is 5.04. The minimum atomic E-state index is -0.329. The lowest BCUT2D eigenvalue weighted by molar-refractivity contribution is -0.126. The maximum absolute atomic E-state index is 11.2. The molecule has 2 N–H and O–H groups in total. The van der Waals surface area contributed by atoms with Gasteiger partial charge in [-0.05, 0) is 12.3 Å². The van der Waals surface area contributed by atoms with Crippen LogP contribution in [0.2, 0.25) is 0 Å². The average Bonchev–Trinajstić information content (AvgIpc) is 2.30. The standard InChI is InChI=1S/C16H33NO/c1-5-6-7-8-11-14(2)12-9-10-13-16(3,4)15(17)18/h14H,5-13H2,1-4H3,(H2,17,18). The lowest BCUT2D eigenvalue weighted by atomic mass is 9.85. The molecule has 0 aliphatic heterocycles. The zero-order valence-electron chi connectivity index (χ0n) is 12.9. The van der Waals surface area contributed by atoms with Gasteiger partial charge in [0.05, 0.1) is 0 Å². The molecule has 0 saturated carbocycles. The number of primary amides is 1. The number of amides is 1. The van der Waals surface area contributed by atoms with Crippen molar-refractivity contribution in [1.82, 2.24) is 0 Å². The van der Waals surface area contributed by atoms with Crippen molar-refractivity contribution < 1.29 is 4.79 Å². The monoisotopic (exact) mass is 255 g/mol. The molecule has 1 atom stereocenters. The highest BCUT2D eigenvalue weighted by Gasteiger charge is 2.23. The number of hydrogen-bond acceptors (Lipinski definition) is 1. The van der Waals surface area contributed by atoms with Crippen LogP contribution in [0.25, 0.3) is 0 Å². The van der Waals surface area contributed by atoms with Crippen LogP contribution in [0.5, 0.6) is 0 Å². The molecule has 1 unspecified atom stereocenters. The quantitative estimate of drug-likeness (QED) is 0.536. The molecule has 0 spiro atoms. The Balaban J connectivity index is 3.51. The molecule has 0 fully saturated rings. The summed E-state index contributed by atoms with van der Waals surface area (Å²) in [5, 5.41) is 0. The molecule has 2 nitrogen and oxygen atoms in total. The normalized spacial score (nSPS) is 13.6. The van der Waals surface area contributed by atoms with E-state index in [4.69, 9.17) is 5.73 Å². The van der Waals surface area contributed by atoms with Gasteiger partial charge < -0.3 is 5.73 Å². The van der Waals surface area contributed by atoms with E-state index < -0.39 is 0 Å². The van der Waals surface area contributed by atoms with E-state index in [9.17, 15) is 4.79 Å². The predicted molar refractivity (Wildman–Crippen MR) is 79.4 cm³/mol. The second kappa shape index (κ2) is 9.41. The van der Waals surface area contributed by atoms with Gasteiger partial charge in [0.25, 0.3) is 0 Å². The summed E-state index contributed by atoms with van der Waals surface area (Å²) in [5.74, 6) is 0.661. The highest BCUT2D eigenvalue weighted by molar-refractivity contribution is 5.79. The van der Waals surface area contributed by atoms with Crippen LogP contribution in [0.1, 0.15) is 85.5 Å². The summed E-state index contributed by atoms with van der Waals surface area (Å²) >= 11 is 0. The molecule has 0 aromatic rings. The number of unbranched alkanes of at least 4 members (excludes halogenated alkanes) is 4. The first-order valence-electron chi connectivity index (χ1n) is 7.70. The van der Waals surface area contributed by atoms with Gasteiger partial charge >= 0.3 is 0 Å². The molecule has 2 heteroatoms. The first-order valence-corrected chi connectivity index (χ1v) is 7.70. The fraction of sp³-hybridized carbons (Fsp3) is 0.938. The first-order chi connectivity index (χ1) is 8.40. The van der Waals surface area contributed by atoms with E-state index in [2.05, 4.69) is 13.8 Å². The van der Waals surface area contributed by atoms with Crippen molar-refractivity contribution >= 4 is 5.91 Å². The molecule has 0 saturated heterocycles. The highest BCUT2D eigenvalue weighted by atomic mass is 16.1. The summed E-state index contributed by atoms with van der Waals surface area (Å²) < 4.78 is 0. The van der Waals surface area contributed by atoms with Gasteiger partial charge in [-0.15, -0.1) is 0 Å². The van der Waals surface area contributed by atoms with Crippen LogP contribution in [0.15, 0.2) is 0 Å². The van der Waals surface area contributed by atoms with E-state index in [-0.39, 0.29) is 11.3 Å². The highest BCUT2D eigenvalue weighted by Crippen LogP contribution is 2.24. The van der Waals surface area contributed by atoms with E-state index in [1.807, 2.05) is 13.8 Å². The third-order valence-corrected chi connectivity index (χ3v) is 3.97. The van der Waals surface area contributed by atoms with Gasteiger partial charge in [0, 0.05) is 5.41 Å². The number of carbonyl (C=O) groups is 1. The van der Waals surface area contributed by atoms with Crippen molar-refractivity contribution in [1.29, 1.82) is 0 Å². The minimum absolute atomic E-state index is 0.171. The van der Waals surface area contributed by atoms with E-state index in [0.29, 0.717) is 0 Å². The lowest BCUT2D eigenvalue weighted by Crippen LogP contribution is -2.31. The van der Waals surface area contributed by atoms with Crippen LogP contribution < -0.4 is 5.73 Å². The largest absolute Gasteiger partial charge is 0.369 e. The van der Waals surface area contributed by atoms with Crippen molar-refractivity contribution in [2.24, 2.45) is 17.1 Å². The Kier molecular flexibility index (Phi) is 9.13. The van der Waals surface area contributed by atoms with Crippen molar-refractivity contribution in [3.8, 4) is 0 Å². The lowest BCUT2D eigenvalue weighted by Gasteiger charge is -2.20. The molecule has 0 aromatic heterocycles. The van der Waals surface area contributed by atoms with Gasteiger partial charge in [-0.1, -0.05) is 79.1 Å². The SMILES string of the molecule is CCCCCCC(C)CCCCC(C)(C)C(N)=O. The van der Waals surface area contributed by atoms with Gasteiger partial charge in [-0.25, -0.2) is 0 Å². The molecule has 0 aromatic carbocycles. The molecule has 0 radical (unpaired) electrons. The van der Waals surface area contributed by atoms with E-state index in [0.717, 1.165) is 18.8 Å². The molecule has 0 heterocycles. The molecule has 18 heavy (non-hydrogen) atoms. The number of carbonyl (C=O) groups excluding carboxylic acids is 1. The van der Waals surface area contributed by atoms with Crippen LogP contribution in [-0.4, -0.2) is 5.91 Å². The van der Waals surface area contributed by atoms with E-state index in [1.54, 1.807) is 0 Å². The number of hydrogen-bond donors (Lipinski definition) is 1. The van der Waals surface area contributed by atoms with E-state index in [1.165, 1.54) is 44.9 Å². The summed E-state index contributed by atoms with van der Waals surface area (Å²) in [6, 6.07) is 0. The molecule has 0 rings (SSSR count). The molecular formula is C16H33NO. The van der Waals surface area contributed by atoms with Crippen molar-refractivity contribution in [2.45, 2.75) is 85.5 Å². The molecule has 1 amide bonds. The maximum atomic E-state index is 11.2. The third kappa shape index (κ3) is 8.54. The molecule has 108 valence electrons. The molecule has 0 aliphatic carbocycles. The average molecular weight is 255 g/mol. The van der Waals surface area contributed by atoms with Crippen LogP contribution in [-0.2, 0) is 4.79 Å². The zero-order chi connectivity index (χ0) is 14.0. The number of nitrogens with two attached hydrogens (primary N) is 1. The van der Waals surface area contributed by atoms with Crippen LogP contribution in [0.3, 0.4) is 0 Å².